The highest BCUT2D eigenvalue weighted by Gasteiger charge is 2.24. The van der Waals surface area contributed by atoms with Crippen molar-refractivity contribution < 1.29 is 14.3 Å². The fourth-order valence-corrected chi connectivity index (χ4v) is 3.13. The van der Waals surface area contributed by atoms with Gasteiger partial charge in [-0.05, 0) is 42.8 Å². The van der Waals surface area contributed by atoms with Crippen LogP contribution in [0, 0.1) is 0 Å². The summed E-state index contributed by atoms with van der Waals surface area (Å²) in [6.45, 7) is 5.69. The lowest BCUT2D eigenvalue weighted by Crippen LogP contribution is -1.96. The number of nitrogens with one attached hydrogen (secondary N) is 1. The van der Waals surface area contributed by atoms with Crippen LogP contribution in [0.5, 0.6) is 11.5 Å². The van der Waals surface area contributed by atoms with Gasteiger partial charge in [-0.3, -0.25) is 9.89 Å². The molecule has 0 spiro atoms. The monoisotopic (exact) mass is 362 g/mol. The molecule has 0 aliphatic heterocycles. The summed E-state index contributed by atoms with van der Waals surface area (Å²) in [6, 6.07) is 7.53. The van der Waals surface area contributed by atoms with Crippen LogP contribution in [0.25, 0.3) is 17.3 Å². The zero-order chi connectivity index (χ0) is 19.4. The van der Waals surface area contributed by atoms with Gasteiger partial charge in [-0.2, -0.15) is 5.10 Å². The number of Topliss-reactive ketones (excluding diaryl/α,β-unsaturated/α-hetero) is 1. The van der Waals surface area contributed by atoms with Crippen LogP contribution in [0.4, 0.5) is 0 Å². The lowest BCUT2D eigenvalue weighted by Gasteiger charge is -2.08. The van der Waals surface area contributed by atoms with E-state index in [1.165, 1.54) is 0 Å². The number of benzene rings is 1. The first-order valence-electron chi connectivity index (χ1n) is 8.62. The van der Waals surface area contributed by atoms with Gasteiger partial charge in [-0.1, -0.05) is 24.8 Å². The molecular formula is C22H22N2O3. The zero-order valence-electron chi connectivity index (χ0n) is 15.7. The summed E-state index contributed by atoms with van der Waals surface area (Å²) in [6.07, 6.45) is 7.95. The van der Waals surface area contributed by atoms with Crippen molar-refractivity contribution in [3.63, 3.8) is 0 Å². The van der Waals surface area contributed by atoms with Crippen LogP contribution in [-0.4, -0.2) is 30.2 Å². The number of nitrogens with zero attached hydrogens (tertiary/aromatic N) is 1. The molecule has 1 aromatic heterocycles. The molecule has 0 atom stereocenters. The van der Waals surface area contributed by atoms with E-state index >= 15 is 0 Å². The van der Waals surface area contributed by atoms with Gasteiger partial charge in [0, 0.05) is 23.1 Å². The third kappa shape index (κ3) is 3.62. The Hall–Kier alpha value is -3.34. The molecule has 5 nitrogen and oxygen atoms in total. The predicted molar refractivity (Wildman–Crippen MR) is 107 cm³/mol. The van der Waals surface area contributed by atoms with Crippen LogP contribution in [0.1, 0.15) is 19.0 Å². The van der Waals surface area contributed by atoms with Crippen molar-refractivity contribution in [1.29, 1.82) is 0 Å². The van der Waals surface area contributed by atoms with Crippen LogP contribution in [0.2, 0.25) is 0 Å². The molecule has 27 heavy (non-hydrogen) atoms. The van der Waals surface area contributed by atoms with Gasteiger partial charge in [0.15, 0.2) is 17.3 Å². The van der Waals surface area contributed by atoms with E-state index < -0.39 is 0 Å². The van der Waals surface area contributed by atoms with E-state index in [0.717, 1.165) is 28.1 Å². The highest BCUT2D eigenvalue weighted by atomic mass is 16.5. The second-order valence-corrected chi connectivity index (χ2v) is 6.10. The summed E-state index contributed by atoms with van der Waals surface area (Å²) in [5, 5.41) is 7.34. The molecule has 1 aliphatic rings. The Morgan fingerprint density at radius 2 is 1.96 bits per heavy atom. The van der Waals surface area contributed by atoms with E-state index in [4.69, 9.17) is 9.47 Å². The summed E-state index contributed by atoms with van der Waals surface area (Å²) in [5.74, 6) is 1.32. The second-order valence-electron chi connectivity index (χ2n) is 6.10. The summed E-state index contributed by atoms with van der Waals surface area (Å²) >= 11 is 0. The van der Waals surface area contributed by atoms with Crippen molar-refractivity contribution in [2.24, 2.45) is 0 Å². The summed E-state index contributed by atoms with van der Waals surface area (Å²) in [7, 11) is 3.20. The lowest BCUT2D eigenvalue weighted by atomic mass is 10.1. The van der Waals surface area contributed by atoms with Gasteiger partial charge in [-0.25, -0.2) is 0 Å². The molecule has 2 aromatic rings. The van der Waals surface area contributed by atoms with E-state index in [-0.39, 0.29) is 5.78 Å². The Morgan fingerprint density at radius 1 is 1.19 bits per heavy atom. The normalized spacial score (nSPS) is 15.8. The fraction of sp³-hybridized carbons (Fsp3) is 0.182. The Kier molecular flexibility index (Phi) is 5.41. The predicted octanol–water partition coefficient (Wildman–Crippen LogP) is 4.51. The third-order valence-corrected chi connectivity index (χ3v) is 4.44. The Morgan fingerprint density at radius 3 is 2.63 bits per heavy atom. The molecule has 1 heterocycles. The van der Waals surface area contributed by atoms with Crippen LogP contribution >= 0.6 is 0 Å². The largest absolute Gasteiger partial charge is 0.493 e. The van der Waals surface area contributed by atoms with E-state index in [2.05, 4.69) is 16.8 Å². The highest BCUT2D eigenvalue weighted by molar-refractivity contribution is 6.16. The molecule has 0 fully saturated rings. The summed E-state index contributed by atoms with van der Waals surface area (Å²) in [4.78, 5) is 12.6. The molecule has 0 radical (unpaired) electrons. The molecule has 1 N–H and O–H groups in total. The summed E-state index contributed by atoms with van der Waals surface area (Å²) in [5.41, 5.74) is 4.81. The maximum Gasteiger partial charge on any atom is 0.189 e. The molecule has 0 saturated heterocycles. The van der Waals surface area contributed by atoms with E-state index in [9.17, 15) is 4.79 Å². The number of hydrogen-bond donors (Lipinski definition) is 1. The first-order valence-corrected chi connectivity index (χ1v) is 8.62. The van der Waals surface area contributed by atoms with Gasteiger partial charge in [0.05, 0.1) is 25.6 Å². The average Bonchev–Trinajstić information content (AvgIpc) is 3.26. The van der Waals surface area contributed by atoms with Crippen molar-refractivity contribution in [3.8, 4) is 22.8 Å². The standard InChI is InChI=1S/C22H22N2O3/c1-5-7-14-10-16(22(25)18(14)6-2)11-17-13-19(24-23-17)15-8-9-20(26-3)21(12-15)27-4/h5-9,11-13H,2,10H2,1,3-4H3,(H,23,24)/b7-5-,16-11+. The number of allylic oxidation sites excluding steroid dienone is 6. The van der Waals surface area contributed by atoms with E-state index in [1.54, 1.807) is 20.3 Å². The van der Waals surface area contributed by atoms with Gasteiger partial charge >= 0.3 is 0 Å². The summed E-state index contributed by atoms with van der Waals surface area (Å²) < 4.78 is 10.6. The van der Waals surface area contributed by atoms with Gasteiger partial charge in [0.2, 0.25) is 0 Å². The minimum atomic E-state index is 0.0142. The van der Waals surface area contributed by atoms with Gasteiger partial charge in [0.1, 0.15) is 0 Å². The molecule has 3 rings (SSSR count). The first kappa shape index (κ1) is 18.5. The van der Waals surface area contributed by atoms with Crippen LogP contribution in [0.15, 0.2) is 65.8 Å². The molecular weight excluding hydrogens is 340 g/mol. The highest BCUT2D eigenvalue weighted by Crippen LogP contribution is 2.33. The van der Waals surface area contributed by atoms with Crippen molar-refractivity contribution >= 4 is 11.9 Å². The van der Waals surface area contributed by atoms with Crippen molar-refractivity contribution in [1.82, 2.24) is 10.2 Å². The average molecular weight is 362 g/mol. The Balaban J connectivity index is 1.88. The topological polar surface area (TPSA) is 64.2 Å². The third-order valence-electron chi connectivity index (χ3n) is 4.44. The quantitative estimate of drug-likeness (QED) is 0.768. The van der Waals surface area contributed by atoms with E-state index in [1.807, 2.05) is 49.4 Å². The number of aromatic nitrogens is 2. The van der Waals surface area contributed by atoms with Crippen LogP contribution in [0.3, 0.4) is 0 Å². The van der Waals surface area contributed by atoms with Gasteiger partial charge in [-0.15, -0.1) is 0 Å². The van der Waals surface area contributed by atoms with Crippen molar-refractivity contribution in [2.45, 2.75) is 13.3 Å². The first-order chi connectivity index (χ1) is 13.1. The number of H-pyrrole nitrogens is 1. The second kappa shape index (κ2) is 7.91. The minimum Gasteiger partial charge on any atom is -0.493 e. The molecule has 1 aromatic carbocycles. The molecule has 5 heteroatoms. The molecule has 138 valence electrons. The molecule has 0 bridgehead atoms. The van der Waals surface area contributed by atoms with Crippen LogP contribution < -0.4 is 9.47 Å². The molecule has 0 saturated carbocycles. The number of ketones is 1. The van der Waals surface area contributed by atoms with E-state index in [0.29, 0.717) is 23.5 Å². The SMILES string of the molecule is C=CC1=C(/C=C\C)C/C(=C\c2cc(-c3ccc(OC)c(OC)c3)n[nH]2)C1=O. The molecule has 0 unspecified atom stereocenters. The number of ether oxygens (including phenoxy) is 2. The zero-order valence-corrected chi connectivity index (χ0v) is 15.7. The Labute approximate surface area is 158 Å². The van der Waals surface area contributed by atoms with Crippen molar-refractivity contribution in [2.75, 3.05) is 14.2 Å². The van der Waals surface area contributed by atoms with Crippen molar-refractivity contribution in [3.05, 3.63) is 71.5 Å². The maximum absolute atomic E-state index is 12.6. The minimum absolute atomic E-state index is 0.0142. The number of aromatic amines is 1. The van der Waals surface area contributed by atoms with Crippen LogP contribution in [-0.2, 0) is 4.79 Å². The number of rotatable bonds is 6. The Bertz CT molecular complexity index is 977. The smallest absolute Gasteiger partial charge is 0.189 e. The fourth-order valence-electron chi connectivity index (χ4n) is 3.13. The molecule has 0 amide bonds. The number of methoxy groups -OCH3 is 2. The number of carbonyl (C=O) groups excluding carboxylic acids is 1. The number of carbonyl (C=O) groups is 1. The molecule has 1 aliphatic carbocycles. The lowest BCUT2D eigenvalue weighted by molar-refractivity contribution is -0.111. The van der Waals surface area contributed by atoms with Gasteiger partial charge < -0.3 is 9.47 Å². The maximum atomic E-state index is 12.6. The number of hydrogen-bond acceptors (Lipinski definition) is 4. The van der Waals surface area contributed by atoms with Gasteiger partial charge in [0.25, 0.3) is 0 Å².